The number of nitrogens with zero attached hydrogens (tertiary/aromatic N) is 1. The summed E-state index contributed by atoms with van der Waals surface area (Å²) in [6.45, 7) is 0. The van der Waals surface area contributed by atoms with Crippen LogP contribution in [0, 0.1) is 0 Å². The van der Waals surface area contributed by atoms with Crippen LogP contribution in [0.4, 0.5) is 17.1 Å². The monoisotopic (exact) mass is 533 g/mol. The molecule has 1 nitrogen and oxygen atoms in total. The number of fused-ring (bicyclic) bond motifs is 7. The van der Waals surface area contributed by atoms with Crippen LogP contribution in [0.1, 0.15) is 43.6 Å². The molecule has 6 aromatic carbocycles. The fourth-order valence-corrected chi connectivity index (χ4v) is 8.16. The van der Waals surface area contributed by atoms with Gasteiger partial charge in [-0.25, -0.2) is 0 Å². The lowest BCUT2D eigenvalue weighted by molar-refractivity contribution is 0.443. The molecule has 1 aromatic heterocycles. The molecule has 0 aliphatic heterocycles. The molecule has 1 fully saturated rings. The Kier molecular flexibility index (Phi) is 5.81. The molecular formula is C38H31NS. The molecule has 0 amide bonds. The third-order valence-corrected chi connectivity index (χ3v) is 10.0. The maximum atomic E-state index is 2.45. The Hall–Kier alpha value is -4.14. The summed E-state index contributed by atoms with van der Waals surface area (Å²) in [4.78, 5) is 2.45. The fraction of sp³-hybridized carbons (Fsp3) is 0.158. The molecule has 1 heterocycles. The Bertz CT molecular complexity index is 1980. The summed E-state index contributed by atoms with van der Waals surface area (Å²) in [6, 6.07) is 45.0. The van der Waals surface area contributed by atoms with Crippen LogP contribution in [0.15, 0.2) is 121 Å². The molecule has 1 aliphatic carbocycles. The van der Waals surface area contributed by atoms with Crippen LogP contribution in [0.5, 0.6) is 0 Å². The maximum Gasteiger partial charge on any atom is 0.0554 e. The molecule has 0 N–H and O–H groups in total. The number of benzene rings is 6. The van der Waals surface area contributed by atoms with Crippen LogP contribution in [0.25, 0.3) is 41.7 Å². The van der Waals surface area contributed by atoms with Gasteiger partial charge in [0.05, 0.1) is 5.69 Å². The fourth-order valence-electron chi connectivity index (χ4n) is 6.87. The highest BCUT2D eigenvalue weighted by atomic mass is 32.1. The van der Waals surface area contributed by atoms with Crippen molar-refractivity contribution in [1.29, 1.82) is 0 Å². The summed E-state index contributed by atoms with van der Waals surface area (Å²) < 4.78 is 2.71. The Morgan fingerprint density at radius 2 is 1.23 bits per heavy atom. The van der Waals surface area contributed by atoms with Gasteiger partial charge in [0.1, 0.15) is 0 Å². The molecule has 40 heavy (non-hydrogen) atoms. The first kappa shape index (κ1) is 23.7. The highest BCUT2D eigenvalue weighted by Crippen LogP contribution is 2.47. The molecule has 0 atom stereocenters. The van der Waals surface area contributed by atoms with Crippen molar-refractivity contribution < 1.29 is 0 Å². The Balaban J connectivity index is 1.37. The number of anilines is 3. The van der Waals surface area contributed by atoms with Crippen molar-refractivity contribution in [2.75, 3.05) is 4.90 Å². The standard InChI is InChI=1S/C38H31NS/c1-3-11-26(12-4-1)27-19-22-30(23-20-27)39(29-14-5-2-6-15-29)35-25-36-37(33-18-10-9-17-32(33)35)34-24-21-28-13-7-8-16-31(28)38(34)40-36/h2,5-10,13-26H,1,3-4,11-12H2. The molecule has 0 unspecified atom stereocenters. The zero-order chi connectivity index (χ0) is 26.5. The average Bonchev–Trinajstić information content (AvgIpc) is 3.42. The Morgan fingerprint density at radius 3 is 2.02 bits per heavy atom. The predicted molar refractivity (Wildman–Crippen MR) is 175 cm³/mol. The highest BCUT2D eigenvalue weighted by molar-refractivity contribution is 7.27. The van der Waals surface area contributed by atoms with Crippen molar-refractivity contribution >= 4 is 70.1 Å². The van der Waals surface area contributed by atoms with E-state index < -0.39 is 0 Å². The second-order valence-electron chi connectivity index (χ2n) is 11.2. The van der Waals surface area contributed by atoms with E-state index >= 15 is 0 Å². The third-order valence-electron chi connectivity index (χ3n) is 8.83. The molecule has 194 valence electrons. The van der Waals surface area contributed by atoms with Gasteiger partial charge in [-0.15, -0.1) is 11.3 Å². The number of para-hydroxylation sites is 1. The SMILES string of the molecule is c1ccc(N(c2ccc(C3CCCCC3)cc2)c2cc3sc4c5ccccc5ccc4c3c3ccccc23)cc1. The summed E-state index contributed by atoms with van der Waals surface area (Å²) in [5.74, 6) is 0.707. The summed E-state index contributed by atoms with van der Waals surface area (Å²) in [6.07, 6.45) is 6.75. The number of hydrogen-bond donors (Lipinski definition) is 0. The van der Waals surface area contributed by atoms with Crippen molar-refractivity contribution in [1.82, 2.24) is 0 Å². The molecule has 7 aromatic rings. The molecule has 2 heteroatoms. The lowest BCUT2D eigenvalue weighted by Crippen LogP contribution is -2.11. The summed E-state index contributed by atoms with van der Waals surface area (Å²) in [5, 5.41) is 7.95. The van der Waals surface area contributed by atoms with Gasteiger partial charge in [0.15, 0.2) is 0 Å². The first-order valence-corrected chi connectivity index (χ1v) is 15.4. The lowest BCUT2D eigenvalue weighted by Gasteiger charge is -2.28. The van der Waals surface area contributed by atoms with E-state index in [4.69, 9.17) is 0 Å². The normalized spacial score (nSPS) is 14.4. The number of rotatable bonds is 4. The molecule has 0 bridgehead atoms. The third kappa shape index (κ3) is 3.90. The van der Waals surface area contributed by atoms with Crippen molar-refractivity contribution in [2.24, 2.45) is 0 Å². The zero-order valence-electron chi connectivity index (χ0n) is 22.5. The van der Waals surface area contributed by atoms with Crippen LogP contribution in [0.2, 0.25) is 0 Å². The minimum Gasteiger partial charge on any atom is -0.310 e. The maximum absolute atomic E-state index is 2.45. The van der Waals surface area contributed by atoms with Gasteiger partial charge in [-0.2, -0.15) is 0 Å². The van der Waals surface area contributed by atoms with E-state index in [1.54, 1.807) is 0 Å². The van der Waals surface area contributed by atoms with E-state index in [-0.39, 0.29) is 0 Å². The first-order valence-electron chi connectivity index (χ1n) is 14.6. The van der Waals surface area contributed by atoms with Crippen molar-refractivity contribution in [3.05, 3.63) is 127 Å². The minimum absolute atomic E-state index is 0.707. The van der Waals surface area contributed by atoms with E-state index in [9.17, 15) is 0 Å². The first-order chi connectivity index (χ1) is 19.8. The second-order valence-corrected chi connectivity index (χ2v) is 12.2. The van der Waals surface area contributed by atoms with Crippen LogP contribution in [-0.4, -0.2) is 0 Å². The van der Waals surface area contributed by atoms with Gasteiger partial charge in [-0.3, -0.25) is 0 Å². The quantitative estimate of drug-likeness (QED) is 0.217. The van der Waals surface area contributed by atoms with Gasteiger partial charge in [-0.1, -0.05) is 110 Å². The molecule has 0 spiro atoms. The summed E-state index contributed by atoms with van der Waals surface area (Å²) in [7, 11) is 0. The van der Waals surface area contributed by atoms with Gasteiger partial charge in [0.2, 0.25) is 0 Å². The van der Waals surface area contributed by atoms with E-state index in [1.165, 1.54) is 96.4 Å². The van der Waals surface area contributed by atoms with E-state index in [1.807, 2.05) is 11.3 Å². The summed E-state index contributed by atoms with van der Waals surface area (Å²) in [5.41, 5.74) is 5.12. The summed E-state index contributed by atoms with van der Waals surface area (Å²) >= 11 is 1.92. The Labute approximate surface area is 239 Å². The Morgan fingerprint density at radius 1 is 0.550 bits per heavy atom. The van der Waals surface area contributed by atoms with Gasteiger partial charge < -0.3 is 4.90 Å². The molecule has 0 radical (unpaired) electrons. The molecule has 1 saturated carbocycles. The molecular weight excluding hydrogens is 502 g/mol. The second kappa shape index (κ2) is 9.80. The van der Waals surface area contributed by atoms with E-state index in [2.05, 4.69) is 126 Å². The van der Waals surface area contributed by atoms with Crippen LogP contribution >= 0.6 is 11.3 Å². The van der Waals surface area contributed by atoms with Gasteiger partial charge >= 0.3 is 0 Å². The average molecular weight is 534 g/mol. The van der Waals surface area contributed by atoms with Crippen LogP contribution in [0.3, 0.4) is 0 Å². The van der Waals surface area contributed by atoms with Gasteiger partial charge in [0.25, 0.3) is 0 Å². The number of thiophene rings is 1. The van der Waals surface area contributed by atoms with Gasteiger partial charge in [0, 0.05) is 36.9 Å². The minimum atomic E-state index is 0.707. The van der Waals surface area contributed by atoms with Crippen LogP contribution in [-0.2, 0) is 0 Å². The van der Waals surface area contributed by atoms with E-state index in [0.717, 1.165) is 0 Å². The molecule has 0 saturated heterocycles. The largest absolute Gasteiger partial charge is 0.310 e. The van der Waals surface area contributed by atoms with E-state index in [0.29, 0.717) is 5.92 Å². The highest BCUT2D eigenvalue weighted by Gasteiger charge is 2.21. The van der Waals surface area contributed by atoms with Crippen molar-refractivity contribution in [3.8, 4) is 0 Å². The zero-order valence-corrected chi connectivity index (χ0v) is 23.3. The van der Waals surface area contributed by atoms with Gasteiger partial charge in [-0.05, 0) is 70.8 Å². The molecule has 1 aliphatic rings. The van der Waals surface area contributed by atoms with Crippen molar-refractivity contribution in [3.63, 3.8) is 0 Å². The lowest BCUT2D eigenvalue weighted by atomic mass is 9.84. The van der Waals surface area contributed by atoms with Crippen molar-refractivity contribution in [2.45, 2.75) is 38.0 Å². The predicted octanol–water partition coefficient (Wildman–Crippen LogP) is 11.9. The smallest absolute Gasteiger partial charge is 0.0554 e. The molecule has 8 rings (SSSR count). The topological polar surface area (TPSA) is 3.24 Å². The number of hydrogen-bond acceptors (Lipinski definition) is 2. The van der Waals surface area contributed by atoms with Crippen LogP contribution < -0.4 is 4.90 Å².